The van der Waals surface area contributed by atoms with Gasteiger partial charge in [-0.2, -0.15) is 13.2 Å². The quantitative estimate of drug-likeness (QED) is 0.335. The number of piperazine rings is 1. The van der Waals surface area contributed by atoms with Gasteiger partial charge in [0.25, 0.3) is 11.8 Å². The highest BCUT2D eigenvalue weighted by molar-refractivity contribution is 6.06. The molecule has 2 fully saturated rings. The van der Waals surface area contributed by atoms with Gasteiger partial charge in [0.05, 0.1) is 42.0 Å². The molecule has 46 heavy (non-hydrogen) atoms. The Labute approximate surface area is 265 Å². The van der Waals surface area contributed by atoms with Crippen molar-refractivity contribution < 1.29 is 27.5 Å². The molecule has 0 aliphatic carbocycles. The summed E-state index contributed by atoms with van der Waals surface area (Å²) in [5.41, 5.74) is -0.552. The van der Waals surface area contributed by atoms with Crippen molar-refractivity contribution in [3.05, 3.63) is 53.4 Å². The van der Waals surface area contributed by atoms with Gasteiger partial charge in [-0.05, 0) is 59.0 Å². The number of alkyl halides is 3. The molecule has 2 atom stereocenters. The average molecular weight is 645 g/mol. The van der Waals surface area contributed by atoms with E-state index in [0.29, 0.717) is 44.2 Å². The molecule has 0 spiro atoms. The predicted octanol–water partition coefficient (Wildman–Crippen LogP) is 2.62. The van der Waals surface area contributed by atoms with Gasteiger partial charge < -0.3 is 20.3 Å². The van der Waals surface area contributed by atoms with Crippen LogP contribution in [0.5, 0.6) is 0 Å². The van der Waals surface area contributed by atoms with Gasteiger partial charge in [0.1, 0.15) is 5.82 Å². The minimum absolute atomic E-state index is 0.102. The Kier molecular flexibility index (Phi) is 10.2. The van der Waals surface area contributed by atoms with Gasteiger partial charge in [-0.3, -0.25) is 19.4 Å². The fraction of sp³-hybridized carbons (Fsp3) is 0.533. The number of carbonyl (C=O) groups excluding carboxylic acids is 2. The Bertz CT molecular complexity index is 1530. The van der Waals surface area contributed by atoms with E-state index in [1.54, 1.807) is 18.2 Å². The first-order valence-corrected chi connectivity index (χ1v) is 15.2. The normalized spacial score (nSPS) is 19.7. The Morgan fingerprint density at radius 1 is 1.09 bits per heavy atom. The maximum Gasteiger partial charge on any atom is 0.434 e. The largest absolute Gasteiger partial charge is 0.434 e. The smallest absolute Gasteiger partial charge is 0.379 e. The van der Waals surface area contributed by atoms with Crippen LogP contribution >= 0.6 is 0 Å². The molecule has 248 valence electrons. The molecule has 13 nitrogen and oxygen atoms in total. The molecule has 2 amide bonds. The highest BCUT2D eigenvalue weighted by Gasteiger charge is 2.38. The first-order chi connectivity index (χ1) is 21.9. The number of ether oxygens (including phenoxy) is 1. The minimum atomic E-state index is -4.85. The molecular weight excluding hydrogens is 605 g/mol. The van der Waals surface area contributed by atoms with Crippen molar-refractivity contribution in [2.45, 2.75) is 45.5 Å². The van der Waals surface area contributed by atoms with Crippen LogP contribution in [-0.2, 0) is 10.9 Å². The number of halogens is 3. The molecule has 5 rings (SSSR count). The summed E-state index contributed by atoms with van der Waals surface area (Å²) >= 11 is 0. The highest BCUT2D eigenvalue weighted by Crippen LogP contribution is 2.34. The van der Waals surface area contributed by atoms with Crippen LogP contribution in [0.2, 0.25) is 0 Å². The lowest BCUT2D eigenvalue weighted by molar-refractivity contribution is -0.141. The molecule has 2 aliphatic heterocycles. The number of hydrogen-bond donors (Lipinski definition) is 2. The van der Waals surface area contributed by atoms with Crippen LogP contribution in [0.15, 0.2) is 30.6 Å². The number of aromatic nitrogens is 5. The predicted molar refractivity (Wildman–Crippen MR) is 164 cm³/mol. The third-order valence-corrected chi connectivity index (χ3v) is 8.38. The highest BCUT2D eigenvalue weighted by atomic mass is 19.4. The van der Waals surface area contributed by atoms with E-state index in [1.807, 2.05) is 7.05 Å². The first kappa shape index (κ1) is 33.2. The molecule has 2 aliphatic rings. The van der Waals surface area contributed by atoms with Gasteiger partial charge >= 0.3 is 6.18 Å². The molecule has 3 aromatic rings. The number of nitrogens with zero attached hydrogens (tertiary/aromatic N) is 8. The van der Waals surface area contributed by atoms with Gasteiger partial charge in [0, 0.05) is 51.0 Å². The second-order valence-electron chi connectivity index (χ2n) is 11.7. The van der Waals surface area contributed by atoms with E-state index < -0.39 is 23.3 Å². The number of aryl methyl sites for hydroxylation is 1. The number of hydrogen-bond acceptors (Lipinski definition) is 10. The average Bonchev–Trinajstić information content (AvgIpc) is 3.52. The van der Waals surface area contributed by atoms with Crippen LogP contribution in [-0.4, -0.2) is 118 Å². The summed E-state index contributed by atoms with van der Waals surface area (Å²) in [7, 11) is 2.04. The van der Waals surface area contributed by atoms with E-state index in [-0.39, 0.29) is 35.2 Å². The first-order valence-electron chi connectivity index (χ1n) is 15.2. The van der Waals surface area contributed by atoms with Gasteiger partial charge in [0.15, 0.2) is 11.4 Å². The molecule has 2 N–H and O–H groups in total. The van der Waals surface area contributed by atoms with Gasteiger partial charge in [0.2, 0.25) is 0 Å². The monoisotopic (exact) mass is 644 g/mol. The summed E-state index contributed by atoms with van der Waals surface area (Å²) in [6.07, 6.45) is -1.73. The number of morpholine rings is 1. The standard InChI is InChI=1S/C30H39F3N10O3/c1-19-16-42(17-20(2)40(19)4)26-7-6-22(14-24(26)37-28(44)23-15-35-21(3)36-27(23)30(31,32)33)43-18-25(38-39-43)29(45)34-8-5-9-41-10-12-46-13-11-41/h6-7,14-15,18-20H,5,8-13,16-17H2,1-4H3,(H,34,45)(H,37,44)/t19-,20+. The van der Waals surface area contributed by atoms with Gasteiger partial charge in [-0.25, -0.2) is 14.6 Å². The molecule has 0 saturated carbocycles. The second-order valence-corrected chi connectivity index (χ2v) is 11.7. The molecule has 0 bridgehead atoms. The molecule has 0 radical (unpaired) electrons. The van der Waals surface area contributed by atoms with Gasteiger partial charge in [-0.15, -0.1) is 5.10 Å². The molecule has 4 heterocycles. The van der Waals surface area contributed by atoms with E-state index >= 15 is 0 Å². The summed E-state index contributed by atoms with van der Waals surface area (Å²) in [6.45, 7) is 11.2. The SMILES string of the molecule is Cc1ncc(C(=O)Nc2cc(-n3cc(C(=O)NCCCN4CCOCC4)nn3)ccc2N2C[C@@H](C)N(C)[C@@H](C)C2)c(C(F)(F)F)n1. The number of rotatable bonds is 9. The summed E-state index contributed by atoms with van der Waals surface area (Å²) in [6, 6.07) is 5.49. The maximum absolute atomic E-state index is 13.8. The lowest BCUT2D eigenvalue weighted by Crippen LogP contribution is -2.55. The zero-order valence-corrected chi connectivity index (χ0v) is 26.3. The Balaban J connectivity index is 1.37. The van der Waals surface area contributed by atoms with Crippen LogP contribution in [0.1, 0.15) is 52.6 Å². The number of carbonyl (C=O) groups is 2. The molecule has 16 heteroatoms. The second kappa shape index (κ2) is 14.1. The summed E-state index contributed by atoms with van der Waals surface area (Å²) in [5, 5.41) is 13.6. The molecule has 1 aromatic carbocycles. The van der Waals surface area contributed by atoms with Crippen LogP contribution < -0.4 is 15.5 Å². The zero-order valence-electron chi connectivity index (χ0n) is 26.3. The lowest BCUT2D eigenvalue weighted by atomic mass is 10.1. The van der Waals surface area contributed by atoms with E-state index in [4.69, 9.17) is 4.74 Å². The molecule has 0 unspecified atom stereocenters. The van der Waals surface area contributed by atoms with Crippen molar-refractivity contribution in [2.75, 3.05) is 69.7 Å². The summed E-state index contributed by atoms with van der Waals surface area (Å²) in [4.78, 5) is 40.1. The van der Waals surface area contributed by atoms with Crippen molar-refractivity contribution in [3.8, 4) is 5.69 Å². The lowest BCUT2D eigenvalue weighted by Gasteiger charge is -2.44. The van der Waals surface area contributed by atoms with Crippen molar-refractivity contribution in [2.24, 2.45) is 0 Å². The fourth-order valence-electron chi connectivity index (χ4n) is 5.60. The van der Waals surface area contributed by atoms with Crippen LogP contribution in [0, 0.1) is 6.92 Å². The minimum Gasteiger partial charge on any atom is -0.379 e. The summed E-state index contributed by atoms with van der Waals surface area (Å²) < 4.78 is 48.2. The van der Waals surface area contributed by atoms with E-state index in [9.17, 15) is 22.8 Å². The third-order valence-electron chi connectivity index (χ3n) is 8.38. The Morgan fingerprint density at radius 3 is 2.50 bits per heavy atom. The summed E-state index contributed by atoms with van der Waals surface area (Å²) in [5.74, 6) is -1.48. The third kappa shape index (κ3) is 7.79. The fourth-order valence-corrected chi connectivity index (χ4v) is 5.60. The molecule has 2 aromatic heterocycles. The molecule has 2 saturated heterocycles. The van der Waals surface area contributed by atoms with E-state index in [0.717, 1.165) is 32.3 Å². The van der Waals surface area contributed by atoms with Crippen molar-refractivity contribution in [1.29, 1.82) is 0 Å². The number of anilines is 2. The van der Waals surface area contributed by atoms with E-state index in [2.05, 4.69) is 59.5 Å². The molecular formula is C30H39F3N10O3. The number of benzene rings is 1. The van der Waals surface area contributed by atoms with Gasteiger partial charge in [-0.1, -0.05) is 5.21 Å². The Morgan fingerprint density at radius 2 is 1.80 bits per heavy atom. The number of likely N-dealkylation sites (N-methyl/N-ethyl adjacent to an activating group) is 1. The van der Waals surface area contributed by atoms with Crippen molar-refractivity contribution in [1.82, 2.24) is 40.1 Å². The van der Waals surface area contributed by atoms with Crippen LogP contribution in [0.25, 0.3) is 5.69 Å². The zero-order chi connectivity index (χ0) is 33.0. The maximum atomic E-state index is 13.8. The number of amides is 2. The topological polar surface area (TPSA) is 134 Å². The van der Waals surface area contributed by atoms with Crippen molar-refractivity contribution in [3.63, 3.8) is 0 Å². The van der Waals surface area contributed by atoms with Crippen LogP contribution in [0.4, 0.5) is 24.5 Å². The Hall–Kier alpha value is -4.15. The van der Waals surface area contributed by atoms with E-state index in [1.165, 1.54) is 17.8 Å². The van der Waals surface area contributed by atoms with Crippen LogP contribution in [0.3, 0.4) is 0 Å². The number of nitrogens with one attached hydrogen (secondary N) is 2. The van der Waals surface area contributed by atoms with Crippen molar-refractivity contribution >= 4 is 23.2 Å².